The molecule has 0 unspecified atom stereocenters. The first-order chi connectivity index (χ1) is 12.0. The Hall–Kier alpha value is -2.53. The number of carbonyl (C=O) groups is 2. The summed E-state index contributed by atoms with van der Waals surface area (Å²) in [6, 6.07) is 12.2. The first-order valence-electron chi connectivity index (χ1n) is 8.10. The molecular weight excluding hydrogens is 340 g/mol. The predicted octanol–water partition coefficient (Wildman–Crippen LogP) is 3.46. The van der Waals surface area contributed by atoms with Gasteiger partial charge >= 0.3 is 0 Å². The fourth-order valence-electron chi connectivity index (χ4n) is 3.02. The highest BCUT2D eigenvalue weighted by molar-refractivity contribution is 6.31. The maximum atomic E-state index is 12.9. The van der Waals surface area contributed by atoms with E-state index in [4.69, 9.17) is 16.3 Å². The number of amides is 2. The van der Waals surface area contributed by atoms with Crippen molar-refractivity contribution in [2.45, 2.75) is 26.4 Å². The lowest BCUT2D eigenvalue weighted by molar-refractivity contribution is -0.126. The molecule has 2 aromatic carbocycles. The molecule has 1 N–H and O–H groups in total. The minimum Gasteiger partial charge on any atom is -0.494 e. The summed E-state index contributed by atoms with van der Waals surface area (Å²) in [5.74, 6) is 0.302. The van der Waals surface area contributed by atoms with Gasteiger partial charge in [-0.25, -0.2) is 0 Å². The molecule has 2 aromatic rings. The lowest BCUT2D eigenvalue weighted by Gasteiger charge is -2.20. The summed E-state index contributed by atoms with van der Waals surface area (Å²) in [7, 11) is 0. The molecule has 5 nitrogen and oxygen atoms in total. The Balaban J connectivity index is 1.97. The van der Waals surface area contributed by atoms with Gasteiger partial charge in [0, 0.05) is 28.8 Å². The number of para-hydroxylation sites is 1. The van der Waals surface area contributed by atoms with E-state index in [0.717, 1.165) is 17.0 Å². The van der Waals surface area contributed by atoms with E-state index in [1.807, 2.05) is 31.2 Å². The molecule has 0 saturated carbocycles. The van der Waals surface area contributed by atoms with Crippen LogP contribution in [0.2, 0.25) is 5.02 Å². The number of anilines is 1. The Morgan fingerprint density at radius 2 is 2.04 bits per heavy atom. The van der Waals surface area contributed by atoms with E-state index in [1.165, 1.54) is 6.92 Å². The van der Waals surface area contributed by atoms with Crippen LogP contribution in [0.25, 0.3) is 0 Å². The third-order valence-corrected chi connectivity index (χ3v) is 4.29. The second-order valence-electron chi connectivity index (χ2n) is 5.80. The van der Waals surface area contributed by atoms with Crippen molar-refractivity contribution >= 4 is 29.1 Å². The monoisotopic (exact) mass is 358 g/mol. The summed E-state index contributed by atoms with van der Waals surface area (Å²) in [6.07, 6.45) is 0. The zero-order valence-corrected chi connectivity index (χ0v) is 14.8. The SMILES string of the molecule is CCOc1ccccc1CN1C(=O)[C@@H](NC(C)=O)c2cc(Cl)ccc21. The van der Waals surface area contributed by atoms with Gasteiger partial charge in [0.15, 0.2) is 0 Å². The van der Waals surface area contributed by atoms with Crippen LogP contribution in [0.5, 0.6) is 5.75 Å². The second kappa shape index (κ2) is 7.15. The van der Waals surface area contributed by atoms with Crippen LogP contribution in [-0.4, -0.2) is 18.4 Å². The van der Waals surface area contributed by atoms with Crippen molar-refractivity contribution in [1.29, 1.82) is 0 Å². The summed E-state index contributed by atoms with van der Waals surface area (Å²) in [5.41, 5.74) is 2.36. The number of hydrogen-bond acceptors (Lipinski definition) is 3. The molecule has 1 aliphatic rings. The van der Waals surface area contributed by atoms with Gasteiger partial charge in [-0.15, -0.1) is 0 Å². The van der Waals surface area contributed by atoms with Crippen LogP contribution in [0, 0.1) is 0 Å². The van der Waals surface area contributed by atoms with Crippen LogP contribution in [0.4, 0.5) is 5.69 Å². The number of hydrogen-bond donors (Lipinski definition) is 1. The van der Waals surface area contributed by atoms with Crippen molar-refractivity contribution < 1.29 is 14.3 Å². The molecule has 1 heterocycles. The van der Waals surface area contributed by atoms with Crippen LogP contribution >= 0.6 is 11.6 Å². The number of ether oxygens (including phenoxy) is 1. The molecule has 0 fully saturated rings. The molecule has 6 heteroatoms. The Labute approximate surface area is 151 Å². The lowest BCUT2D eigenvalue weighted by atomic mass is 10.1. The van der Waals surface area contributed by atoms with Crippen molar-refractivity contribution in [2.24, 2.45) is 0 Å². The van der Waals surface area contributed by atoms with E-state index in [2.05, 4.69) is 5.32 Å². The molecule has 0 bridgehead atoms. The van der Waals surface area contributed by atoms with E-state index in [9.17, 15) is 9.59 Å². The van der Waals surface area contributed by atoms with Gasteiger partial charge in [0.1, 0.15) is 11.8 Å². The highest BCUT2D eigenvalue weighted by atomic mass is 35.5. The average molecular weight is 359 g/mol. The van der Waals surface area contributed by atoms with Gasteiger partial charge in [0.05, 0.1) is 13.2 Å². The molecular formula is C19H19ClN2O3. The summed E-state index contributed by atoms with van der Waals surface area (Å²) in [6.45, 7) is 4.22. The summed E-state index contributed by atoms with van der Waals surface area (Å²) in [5, 5.41) is 3.24. The smallest absolute Gasteiger partial charge is 0.254 e. The standard InChI is InChI=1S/C19H19ClN2O3/c1-3-25-17-7-5-4-6-13(17)11-22-16-9-8-14(20)10-15(16)18(19(22)24)21-12(2)23/h4-10,18H,3,11H2,1-2H3,(H,21,23)/t18-/m0/s1. The van der Waals surface area contributed by atoms with Gasteiger partial charge < -0.3 is 15.0 Å². The maximum Gasteiger partial charge on any atom is 0.254 e. The number of nitrogens with one attached hydrogen (secondary N) is 1. The highest BCUT2D eigenvalue weighted by Gasteiger charge is 2.38. The third-order valence-electron chi connectivity index (χ3n) is 4.05. The van der Waals surface area contributed by atoms with Crippen molar-refractivity contribution in [3.05, 3.63) is 58.6 Å². The Morgan fingerprint density at radius 1 is 1.28 bits per heavy atom. The number of nitrogens with zero attached hydrogens (tertiary/aromatic N) is 1. The van der Waals surface area contributed by atoms with Crippen molar-refractivity contribution in [2.75, 3.05) is 11.5 Å². The summed E-state index contributed by atoms with van der Waals surface area (Å²) >= 11 is 6.08. The van der Waals surface area contributed by atoms with Crippen LogP contribution in [-0.2, 0) is 16.1 Å². The molecule has 3 rings (SSSR count). The van der Waals surface area contributed by atoms with E-state index in [0.29, 0.717) is 23.7 Å². The Morgan fingerprint density at radius 3 is 2.76 bits per heavy atom. The molecule has 130 valence electrons. The molecule has 1 atom stereocenters. The predicted molar refractivity (Wildman–Crippen MR) is 96.8 cm³/mol. The quantitative estimate of drug-likeness (QED) is 0.890. The number of rotatable bonds is 5. The minimum atomic E-state index is -0.717. The van der Waals surface area contributed by atoms with Gasteiger partial charge in [0.2, 0.25) is 5.91 Å². The van der Waals surface area contributed by atoms with Gasteiger partial charge in [0.25, 0.3) is 5.91 Å². The molecule has 0 radical (unpaired) electrons. The minimum absolute atomic E-state index is 0.182. The first kappa shape index (κ1) is 17.3. The van der Waals surface area contributed by atoms with E-state index in [-0.39, 0.29) is 11.8 Å². The Bertz CT molecular complexity index is 822. The van der Waals surface area contributed by atoms with Crippen LogP contribution in [0.1, 0.15) is 31.0 Å². The zero-order chi connectivity index (χ0) is 18.0. The summed E-state index contributed by atoms with van der Waals surface area (Å²) < 4.78 is 5.65. The largest absolute Gasteiger partial charge is 0.494 e. The number of fused-ring (bicyclic) bond motifs is 1. The molecule has 2 amide bonds. The van der Waals surface area contributed by atoms with Crippen LogP contribution in [0.15, 0.2) is 42.5 Å². The normalized spacial score (nSPS) is 15.9. The van der Waals surface area contributed by atoms with Crippen molar-refractivity contribution in [1.82, 2.24) is 5.32 Å². The van der Waals surface area contributed by atoms with Gasteiger partial charge in [-0.2, -0.15) is 0 Å². The molecule has 0 saturated heterocycles. The topological polar surface area (TPSA) is 58.6 Å². The number of halogens is 1. The lowest BCUT2D eigenvalue weighted by Crippen LogP contribution is -2.36. The second-order valence-corrected chi connectivity index (χ2v) is 6.24. The van der Waals surface area contributed by atoms with Gasteiger partial charge in [-0.1, -0.05) is 29.8 Å². The molecule has 25 heavy (non-hydrogen) atoms. The van der Waals surface area contributed by atoms with Gasteiger partial charge in [-0.05, 0) is 31.2 Å². The third kappa shape index (κ3) is 3.46. The molecule has 0 spiro atoms. The van der Waals surface area contributed by atoms with Gasteiger partial charge in [-0.3, -0.25) is 9.59 Å². The van der Waals surface area contributed by atoms with E-state index in [1.54, 1.807) is 23.1 Å². The number of benzene rings is 2. The van der Waals surface area contributed by atoms with E-state index >= 15 is 0 Å². The molecule has 0 aromatic heterocycles. The first-order valence-corrected chi connectivity index (χ1v) is 8.47. The average Bonchev–Trinajstić information content (AvgIpc) is 2.81. The van der Waals surface area contributed by atoms with Crippen molar-refractivity contribution in [3.8, 4) is 5.75 Å². The molecule has 0 aliphatic carbocycles. The Kier molecular flexibility index (Phi) is 4.95. The number of carbonyl (C=O) groups excluding carboxylic acids is 2. The van der Waals surface area contributed by atoms with E-state index < -0.39 is 6.04 Å². The fourth-order valence-corrected chi connectivity index (χ4v) is 3.20. The summed E-state index contributed by atoms with van der Waals surface area (Å²) in [4.78, 5) is 26.1. The zero-order valence-electron chi connectivity index (χ0n) is 14.1. The van der Waals surface area contributed by atoms with Crippen LogP contribution in [0.3, 0.4) is 0 Å². The fraction of sp³-hybridized carbons (Fsp3) is 0.263. The maximum absolute atomic E-state index is 12.9. The highest BCUT2D eigenvalue weighted by Crippen LogP contribution is 2.39. The molecule has 1 aliphatic heterocycles. The van der Waals surface area contributed by atoms with Crippen molar-refractivity contribution in [3.63, 3.8) is 0 Å². The van der Waals surface area contributed by atoms with Crippen LogP contribution < -0.4 is 15.0 Å².